The van der Waals surface area contributed by atoms with E-state index < -0.39 is 0 Å². The Labute approximate surface area is 236 Å². The summed E-state index contributed by atoms with van der Waals surface area (Å²) in [5.41, 5.74) is 9.78. The number of pyridine rings is 2. The molecule has 0 saturated heterocycles. The number of hydrogen-bond acceptors (Lipinski definition) is 2. The summed E-state index contributed by atoms with van der Waals surface area (Å²) in [4.78, 5) is 10.2. The molecule has 190 valence electrons. The molecule has 0 aliphatic heterocycles. The van der Waals surface area contributed by atoms with Crippen LogP contribution in [0.15, 0.2) is 140 Å². The number of imidazole rings is 1. The zero-order valence-corrected chi connectivity index (χ0v) is 22.1. The SMILES string of the molecule is c1cc(-c2ccc3c(c2)c2ccccc2c2nc4ccccc4n32)cc(-c2ccc3ccc4ccccc4c3n2)c1. The van der Waals surface area contributed by atoms with Gasteiger partial charge in [-0.3, -0.25) is 4.40 Å². The summed E-state index contributed by atoms with van der Waals surface area (Å²) in [6.45, 7) is 0. The molecule has 0 saturated carbocycles. The van der Waals surface area contributed by atoms with Gasteiger partial charge in [-0.05, 0) is 58.3 Å². The lowest BCUT2D eigenvalue weighted by molar-refractivity contribution is 1.31. The molecule has 3 nitrogen and oxygen atoms in total. The van der Waals surface area contributed by atoms with Crippen LogP contribution in [-0.4, -0.2) is 14.4 Å². The van der Waals surface area contributed by atoms with E-state index in [1.165, 1.54) is 32.7 Å². The van der Waals surface area contributed by atoms with Gasteiger partial charge in [0.05, 0.1) is 27.8 Å². The number of nitrogens with zero attached hydrogens (tertiary/aromatic N) is 3. The Balaban J connectivity index is 1.25. The zero-order chi connectivity index (χ0) is 26.9. The maximum Gasteiger partial charge on any atom is 0.146 e. The van der Waals surface area contributed by atoms with Crippen molar-refractivity contribution in [3.05, 3.63) is 140 Å². The van der Waals surface area contributed by atoms with E-state index in [-0.39, 0.29) is 0 Å². The van der Waals surface area contributed by atoms with Gasteiger partial charge in [0.15, 0.2) is 0 Å². The second kappa shape index (κ2) is 8.48. The normalized spacial score (nSPS) is 11.9. The van der Waals surface area contributed by atoms with Gasteiger partial charge < -0.3 is 0 Å². The minimum Gasteiger partial charge on any atom is -0.292 e. The molecule has 0 aliphatic carbocycles. The highest BCUT2D eigenvalue weighted by Gasteiger charge is 2.14. The molecule has 0 fully saturated rings. The van der Waals surface area contributed by atoms with E-state index >= 15 is 0 Å². The molecule has 9 rings (SSSR count). The van der Waals surface area contributed by atoms with Gasteiger partial charge in [0.2, 0.25) is 0 Å². The van der Waals surface area contributed by atoms with Gasteiger partial charge in [0, 0.05) is 27.1 Å². The van der Waals surface area contributed by atoms with Crippen LogP contribution < -0.4 is 0 Å². The topological polar surface area (TPSA) is 30.2 Å². The van der Waals surface area contributed by atoms with Crippen molar-refractivity contribution < 1.29 is 0 Å². The first-order valence-corrected chi connectivity index (χ1v) is 13.9. The van der Waals surface area contributed by atoms with E-state index in [1.807, 2.05) is 0 Å². The summed E-state index contributed by atoms with van der Waals surface area (Å²) in [6, 6.07) is 49.6. The number of rotatable bonds is 2. The van der Waals surface area contributed by atoms with Crippen LogP contribution in [0.3, 0.4) is 0 Å². The van der Waals surface area contributed by atoms with Gasteiger partial charge in [0.25, 0.3) is 0 Å². The zero-order valence-electron chi connectivity index (χ0n) is 22.1. The minimum atomic E-state index is 0.980. The van der Waals surface area contributed by atoms with Crippen LogP contribution in [0.5, 0.6) is 0 Å². The largest absolute Gasteiger partial charge is 0.292 e. The second-order valence-electron chi connectivity index (χ2n) is 10.7. The standard InChI is InChI=1S/C38H23N3/c1-2-11-29-24(8-1)16-17-25-18-20-33(39-37(25)29)28-10-7-9-26(22-28)27-19-21-35-32(23-27)30-12-3-4-13-31(30)38-40-34-14-5-6-15-36(34)41(35)38/h1-23H. The molecule has 3 aromatic heterocycles. The summed E-state index contributed by atoms with van der Waals surface area (Å²) in [7, 11) is 0. The molecule has 0 unspecified atom stereocenters. The van der Waals surface area contributed by atoms with Crippen LogP contribution in [0.2, 0.25) is 0 Å². The van der Waals surface area contributed by atoms with Crippen molar-refractivity contribution >= 4 is 60.0 Å². The molecule has 0 spiro atoms. The lowest BCUT2D eigenvalue weighted by Gasteiger charge is -2.12. The van der Waals surface area contributed by atoms with E-state index in [0.717, 1.165) is 49.7 Å². The third-order valence-corrected chi connectivity index (χ3v) is 8.33. The third kappa shape index (κ3) is 3.33. The van der Waals surface area contributed by atoms with E-state index in [4.69, 9.17) is 9.97 Å². The second-order valence-corrected chi connectivity index (χ2v) is 10.7. The Morgan fingerprint density at radius 1 is 0.415 bits per heavy atom. The van der Waals surface area contributed by atoms with Crippen LogP contribution in [0.1, 0.15) is 0 Å². The molecule has 0 atom stereocenters. The molecular weight excluding hydrogens is 498 g/mol. The van der Waals surface area contributed by atoms with Crippen LogP contribution >= 0.6 is 0 Å². The summed E-state index contributed by atoms with van der Waals surface area (Å²) in [6.07, 6.45) is 0. The van der Waals surface area contributed by atoms with Crippen molar-refractivity contribution in [3.63, 3.8) is 0 Å². The monoisotopic (exact) mass is 521 g/mol. The number of hydrogen-bond donors (Lipinski definition) is 0. The smallest absolute Gasteiger partial charge is 0.146 e. The first-order chi connectivity index (χ1) is 20.3. The molecule has 3 heteroatoms. The highest BCUT2D eigenvalue weighted by Crippen LogP contribution is 2.36. The first kappa shape index (κ1) is 22.3. The van der Waals surface area contributed by atoms with E-state index in [2.05, 4.69) is 144 Å². The fourth-order valence-corrected chi connectivity index (χ4v) is 6.37. The molecule has 3 heterocycles. The summed E-state index contributed by atoms with van der Waals surface area (Å²) in [5, 5.41) is 7.14. The van der Waals surface area contributed by atoms with Crippen molar-refractivity contribution in [2.75, 3.05) is 0 Å². The maximum absolute atomic E-state index is 5.15. The van der Waals surface area contributed by atoms with Gasteiger partial charge in [-0.2, -0.15) is 0 Å². The van der Waals surface area contributed by atoms with Gasteiger partial charge in [-0.1, -0.05) is 103 Å². The Hall–Kier alpha value is -5.54. The van der Waals surface area contributed by atoms with Crippen LogP contribution in [0.4, 0.5) is 0 Å². The van der Waals surface area contributed by atoms with Crippen LogP contribution in [0.25, 0.3) is 82.4 Å². The van der Waals surface area contributed by atoms with E-state index in [1.54, 1.807) is 0 Å². The van der Waals surface area contributed by atoms with Crippen molar-refractivity contribution in [1.82, 2.24) is 14.4 Å². The number of fused-ring (bicyclic) bond motifs is 11. The predicted octanol–water partition coefficient (Wildman–Crippen LogP) is 9.83. The Kier molecular flexibility index (Phi) is 4.61. The summed E-state index contributed by atoms with van der Waals surface area (Å²) < 4.78 is 2.30. The molecular formula is C38H23N3. The average Bonchev–Trinajstić information content (AvgIpc) is 3.44. The highest BCUT2D eigenvalue weighted by atomic mass is 15.0. The Morgan fingerprint density at radius 3 is 2.10 bits per heavy atom. The molecule has 0 N–H and O–H groups in total. The quantitative estimate of drug-likeness (QED) is 0.212. The van der Waals surface area contributed by atoms with Gasteiger partial charge in [-0.25, -0.2) is 9.97 Å². The fraction of sp³-hybridized carbons (Fsp3) is 0. The van der Waals surface area contributed by atoms with Crippen LogP contribution in [-0.2, 0) is 0 Å². The van der Waals surface area contributed by atoms with E-state index in [0.29, 0.717) is 0 Å². The maximum atomic E-state index is 5.15. The molecule has 0 bridgehead atoms. The summed E-state index contributed by atoms with van der Waals surface area (Å²) in [5.74, 6) is 0. The highest BCUT2D eigenvalue weighted by molar-refractivity contribution is 6.14. The molecule has 6 aromatic carbocycles. The third-order valence-electron chi connectivity index (χ3n) is 8.33. The van der Waals surface area contributed by atoms with Crippen molar-refractivity contribution in [2.24, 2.45) is 0 Å². The minimum absolute atomic E-state index is 0.980. The molecule has 41 heavy (non-hydrogen) atoms. The fourth-order valence-electron chi connectivity index (χ4n) is 6.37. The Morgan fingerprint density at radius 2 is 1.15 bits per heavy atom. The molecule has 0 aliphatic rings. The molecule has 0 amide bonds. The van der Waals surface area contributed by atoms with Crippen molar-refractivity contribution in [1.29, 1.82) is 0 Å². The first-order valence-electron chi connectivity index (χ1n) is 13.9. The molecule has 0 radical (unpaired) electrons. The number of benzene rings is 6. The number of aromatic nitrogens is 3. The predicted molar refractivity (Wildman–Crippen MR) is 171 cm³/mol. The number of para-hydroxylation sites is 2. The van der Waals surface area contributed by atoms with Crippen molar-refractivity contribution in [3.8, 4) is 22.4 Å². The van der Waals surface area contributed by atoms with Crippen molar-refractivity contribution in [2.45, 2.75) is 0 Å². The lowest BCUT2D eigenvalue weighted by atomic mass is 9.97. The lowest BCUT2D eigenvalue weighted by Crippen LogP contribution is -1.92. The van der Waals surface area contributed by atoms with Gasteiger partial charge in [0.1, 0.15) is 5.65 Å². The molecule has 9 aromatic rings. The van der Waals surface area contributed by atoms with E-state index in [9.17, 15) is 0 Å². The average molecular weight is 522 g/mol. The van der Waals surface area contributed by atoms with Gasteiger partial charge in [-0.15, -0.1) is 0 Å². The van der Waals surface area contributed by atoms with Crippen LogP contribution in [0, 0.1) is 0 Å². The Bertz CT molecular complexity index is 2490. The van der Waals surface area contributed by atoms with Gasteiger partial charge >= 0.3 is 0 Å². The summed E-state index contributed by atoms with van der Waals surface area (Å²) >= 11 is 0.